The normalized spacial score (nSPS) is 19.4. The van der Waals surface area contributed by atoms with E-state index in [9.17, 15) is 9.59 Å². The Labute approximate surface area is 154 Å². The van der Waals surface area contributed by atoms with Crippen LogP contribution in [0.4, 0.5) is 5.69 Å². The van der Waals surface area contributed by atoms with E-state index >= 15 is 0 Å². The first-order valence-corrected chi connectivity index (χ1v) is 8.78. The molecule has 1 fully saturated rings. The van der Waals surface area contributed by atoms with E-state index in [1.807, 2.05) is 24.4 Å². The lowest BCUT2D eigenvalue weighted by atomic mass is 10.1. The number of fused-ring (bicyclic) bond motifs is 2. The van der Waals surface area contributed by atoms with Gasteiger partial charge in [-0.1, -0.05) is 0 Å². The second-order valence-corrected chi connectivity index (χ2v) is 6.75. The van der Waals surface area contributed by atoms with Crippen molar-refractivity contribution in [2.24, 2.45) is 0 Å². The van der Waals surface area contributed by atoms with Crippen molar-refractivity contribution >= 4 is 28.5 Å². The number of aromatic nitrogens is 3. The fourth-order valence-corrected chi connectivity index (χ4v) is 3.53. The summed E-state index contributed by atoms with van der Waals surface area (Å²) in [7, 11) is 0. The van der Waals surface area contributed by atoms with Crippen LogP contribution in [0.15, 0.2) is 36.8 Å². The van der Waals surface area contributed by atoms with Gasteiger partial charge >= 0.3 is 0 Å². The predicted molar refractivity (Wildman–Crippen MR) is 98.1 cm³/mol. The number of carbonyl (C=O) groups is 2. The Morgan fingerprint density at radius 2 is 2.04 bits per heavy atom. The summed E-state index contributed by atoms with van der Waals surface area (Å²) in [5.74, 6) is -0.134. The van der Waals surface area contributed by atoms with Gasteiger partial charge in [-0.25, -0.2) is 4.98 Å². The van der Waals surface area contributed by atoms with Gasteiger partial charge in [0.15, 0.2) is 0 Å². The molecule has 2 N–H and O–H groups in total. The standard InChI is InChI=1S/C19H17N5O3/c25-17-10-27-14(8-22-17)9-24-16-4-13(6-21-15(16)5-18(24)26)12-3-11-1-2-20-19(11)23-7-12/h1-4,6-7,14H,5,8-10H2,(H,20,23)(H,22,25). The molecule has 8 nitrogen and oxygen atoms in total. The molecule has 1 saturated heterocycles. The van der Waals surface area contributed by atoms with Crippen LogP contribution in [0.1, 0.15) is 5.69 Å². The van der Waals surface area contributed by atoms with Crippen molar-refractivity contribution in [2.75, 3.05) is 24.6 Å². The fourth-order valence-electron chi connectivity index (χ4n) is 3.53. The number of aromatic amines is 1. The van der Waals surface area contributed by atoms with E-state index in [0.717, 1.165) is 33.5 Å². The maximum absolute atomic E-state index is 12.5. The average molecular weight is 363 g/mol. The summed E-state index contributed by atoms with van der Waals surface area (Å²) in [5, 5.41) is 3.79. The molecule has 0 aliphatic carbocycles. The highest BCUT2D eigenvalue weighted by atomic mass is 16.5. The van der Waals surface area contributed by atoms with Crippen molar-refractivity contribution in [2.45, 2.75) is 12.5 Å². The molecule has 3 aromatic rings. The highest BCUT2D eigenvalue weighted by Gasteiger charge is 2.32. The third-order valence-electron chi connectivity index (χ3n) is 4.95. The number of pyridine rings is 2. The molecule has 3 aromatic heterocycles. The SMILES string of the molecule is O=C1COC(CN2C(=O)Cc3ncc(-c4cnc5[nH]ccc5c4)cc32)CN1. The Balaban J connectivity index is 1.45. The number of ether oxygens (including phenoxy) is 1. The summed E-state index contributed by atoms with van der Waals surface area (Å²) < 4.78 is 5.53. The van der Waals surface area contributed by atoms with Gasteiger partial charge in [0.25, 0.3) is 0 Å². The average Bonchev–Trinajstić information content (AvgIpc) is 3.27. The highest BCUT2D eigenvalue weighted by molar-refractivity contribution is 6.01. The summed E-state index contributed by atoms with van der Waals surface area (Å²) in [5.41, 5.74) is 4.24. The molecule has 8 heteroatoms. The number of morpholine rings is 1. The summed E-state index contributed by atoms with van der Waals surface area (Å²) in [4.78, 5) is 37.4. The first kappa shape index (κ1) is 16.0. The monoisotopic (exact) mass is 363 g/mol. The van der Waals surface area contributed by atoms with Gasteiger partial charge in [0.05, 0.1) is 30.5 Å². The summed E-state index contributed by atoms with van der Waals surface area (Å²) in [6.07, 6.45) is 5.49. The van der Waals surface area contributed by atoms with Crippen LogP contribution in [-0.4, -0.2) is 52.6 Å². The smallest absolute Gasteiger partial charge is 0.246 e. The first-order chi connectivity index (χ1) is 13.2. The van der Waals surface area contributed by atoms with Crippen molar-refractivity contribution in [3.8, 4) is 11.1 Å². The number of hydrogen-bond donors (Lipinski definition) is 2. The minimum absolute atomic E-state index is 0.00522. The second kappa shape index (κ2) is 6.17. The third-order valence-corrected chi connectivity index (χ3v) is 4.95. The van der Waals surface area contributed by atoms with Gasteiger partial charge in [-0.15, -0.1) is 0 Å². The number of rotatable bonds is 3. The van der Waals surface area contributed by atoms with Gasteiger partial charge in [0, 0.05) is 41.6 Å². The van der Waals surface area contributed by atoms with E-state index < -0.39 is 0 Å². The van der Waals surface area contributed by atoms with E-state index in [1.165, 1.54) is 0 Å². The van der Waals surface area contributed by atoms with E-state index in [1.54, 1.807) is 17.3 Å². The summed E-state index contributed by atoms with van der Waals surface area (Å²) in [6, 6.07) is 5.99. The van der Waals surface area contributed by atoms with Gasteiger partial charge in [-0.2, -0.15) is 0 Å². The number of carbonyl (C=O) groups excluding carboxylic acids is 2. The highest BCUT2D eigenvalue weighted by Crippen LogP contribution is 2.32. The molecule has 2 amide bonds. The van der Waals surface area contributed by atoms with Crippen molar-refractivity contribution in [1.29, 1.82) is 0 Å². The molecule has 0 bridgehead atoms. The predicted octanol–water partition coefficient (Wildman–Crippen LogP) is 1.03. The van der Waals surface area contributed by atoms with Crippen LogP contribution >= 0.6 is 0 Å². The van der Waals surface area contributed by atoms with Gasteiger partial charge in [-0.05, 0) is 18.2 Å². The van der Waals surface area contributed by atoms with Crippen LogP contribution in [0.2, 0.25) is 0 Å². The lowest BCUT2D eigenvalue weighted by molar-refractivity contribution is -0.132. The third kappa shape index (κ3) is 2.83. The summed E-state index contributed by atoms with van der Waals surface area (Å²) in [6.45, 7) is 0.825. The summed E-state index contributed by atoms with van der Waals surface area (Å²) >= 11 is 0. The van der Waals surface area contributed by atoms with E-state index in [2.05, 4.69) is 20.3 Å². The van der Waals surface area contributed by atoms with Crippen LogP contribution < -0.4 is 10.2 Å². The van der Waals surface area contributed by atoms with Crippen LogP contribution in [-0.2, 0) is 20.7 Å². The maximum Gasteiger partial charge on any atom is 0.246 e. The molecule has 2 aliphatic rings. The molecule has 136 valence electrons. The number of hydrogen-bond acceptors (Lipinski definition) is 5. The Morgan fingerprint density at radius 3 is 2.89 bits per heavy atom. The topological polar surface area (TPSA) is 100 Å². The molecule has 0 aromatic carbocycles. The van der Waals surface area contributed by atoms with Crippen LogP contribution in [0, 0.1) is 0 Å². The quantitative estimate of drug-likeness (QED) is 0.724. The molecule has 0 saturated carbocycles. The molecule has 0 radical (unpaired) electrons. The van der Waals surface area contributed by atoms with Gasteiger partial charge < -0.3 is 19.9 Å². The molecule has 5 rings (SSSR count). The lowest BCUT2D eigenvalue weighted by Gasteiger charge is -2.27. The lowest BCUT2D eigenvalue weighted by Crippen LogP contribution is -2.48. The second-order valence-electron chi connectivity index (χ2n) is 6.75. The van der Waals surface area contributed by atoms with Crippen molar-refractivity contribution in [3.05, 3.63) is 42.5 Å². The number of H-pyrrole nitrogens is 1. The number of amides is 2. The van der Waals surface area contributed by atoms with Crippen molar-refractivity contribution in [3.63, 3.8) is 0 Å². The van der Waals surface area contributed by atoms with Crippen LogP contribution in [0.5, 0.6) is 0 Å². The molecular weight excluding hydrogens is 346 g/mol. The number of anilines is 1. The first-order valence-electron chi connectivity index (χ1n) is 8.78. The van der Waals surface area contributed by atoms with Gasteiger partial charge in [-0.3, -0.25) is 14.6 Å². The van der Waals surface area contributed by atoms with E-state index in [4.69, 9.17) is 4.74 Å². The molecule has 1 atom stereocenters. The number of nitrogens with one attached hydrogen (secondary N) is 2. The van der Waals surface area contributed by atoms with Gasteiger partial charge in [0.1, 0.15) is 12.3 Å². The van der Waals surface area contributed by atoms with E-state index in [0.29, 0.717) is 13.1 Å². The zero-order chi connectivity index (χ0) is 18.4. The van der Waals surface area contributed by atoms with Crippen molar-refractivity contribution in [1.82, 2.24) is 20.3 Å². The Bertz CT molecular complexity index is 1050. The zero-order valence-corrected chi connectivity index (χ0v) is 14.4. The zero-order valence-electron chi connectivity index (χ0n) is 14.4. The largest absolute Gasteiger partial charge is 0.365 e. The van der Waals surface area contributed by atoms with Crippen molar-refractivity contribution < 1.29 is 14.3 Å². The van der Waals surface area contributed by atoms with E-state index in [-0.39, 0.29) is 30.9 Å². The Hall–Kier alpha value is -3.26. The molecule has 0 spiro atoms. The van der Waals surface area contributed by atoms with Crippen LogP contribution in [0.3, 0.4) is 0 Å². The Morgan fingerprint density at radius 1 is 1.19 bits per heavy atom. The maximum atomic E-state index is 12.5. The van der Waals surface area contributed by atoms with Crippen LogP contribution in [0.25, 0.3) is 22.2 Å². The molecule has 27 heavy (non-hydrogen) atoms. The number of nitrogens with zero attached hydrogens (tertiary/aromatic N) is 3. The van der Waals surface area contributed by atoms with Gasteiger partial charge in [0.2, 0.25) is 11.8 Å². The molecule has 2 aliphatic heterocycles. The Kier molecular flexibility index (Phi) is 3.64. The minimum atomic E-state index is -0.223. The molecular formula is C19H17N5O3. The fraction of sp³-hybridized carbons (Fsp3) is 0.263. The molecule has 5 heterocycles. The minimum Gasteiger partial charge on any atom is -0.365 e. The molecule has 1 unspecified atom stereocenters.